The number of nitrogens with one attached hydrogen (secondary N) is 1. The SMILES string of the molecule is Cc1ccn2c(=O)c(C(=O)NCc3ccccc3C)c(O)nc2c1. The van der Waals surface area contributed by atoms with Gasteiger partial charge in [0.2, 0.25) is 5.88 Å². The van der Waals surface area contributed by atoms with E-state index in [9.17, 15) is 14.7 Å². The number of aromatic nitrogens is 2. The standard InChI is InChI=1S/C18H17N3O3/c1-11-7-8-21-14(9-11)20-17(23)15(18(21)24)16(22)19-10-13-6-4-3-5-12(13)2/h3-9,23H,10H2,1-2H3,(H,19,22). The zero-order valence-corrected chi connectivity index (χ0v) is 13.4. The summed E-state index contributed by atoms with van der Waals surface area (Å²) >= 11 is 0. The molecule has 2 aromatic heterocycles. The highest BCUT2D eigenvalue weighted by atomic mass is 16.3. The number of hydrogen-bond donors (Lipinski definition) is 2. The van der Waals surface area contributed by atoms with Crippen LogP contribution < -0.4 is 10.9 Å². The molecule has 6 heteroatoms. The average molecular weight is 323 g/mol. The fourth-order valence-corrected chi connectivity index (χ4v) is 2.50. The summed E-state index contributed by atoms with van der Waals surface area (Å²) in [6.45, 7) is 4.06. The van der Waals surface area contributed by atoms with Crippen LogP contribution in [-0.4, -0.2) is 20.4 Å². The van der Waals surface area contributed by atoms with E-state index in [1.54, 1.807) is 12.1 Å². The van der Waals surface area contributed by atoms with Gasteiger partial charge >= 0.3 is 0 Å². The van der Waals surface area contributed by atoms with E-state index in [-0.39, 0.29) is 12.1 Å². The number of benzene rings is 1. The van der Waals surface area contributed by atoms with Crippen molar-refractivity contribution in [1.29, 1.82) is 0 Å². The van der Waals surface area contributed by atoms with Gasteiger partial charge in [0.1, 0.15) is 5.65 Å². The first-order valence-electron chi connectivity index (χ1n) is 7.52. The number of carbonyl (C=O) groups excluding carboxylic acids is 1. The summed E-state index contributed by atoms with van der Waals surface area (Å²) < 4.78 is 1.25. The van der Waals surface area contributed by atoms with Crippen LogP contribution in [0.25, 0.3) is 5.65 Å². The molecule has 0 saturated carbocycles. The molecule has 1 aromatic carbocycles. The monoisotopic (exact) mass is 323 g/mol. The first-order valence-corrected chi connectivity index (χ1v) is 7.52. The van der Waals surface area contributed by atoms with Crippen molar-refractivity contribution < 1.29 is 9.90 Å². The van der Waals surface area contributed by atoms with E-state index in [1.165, 1.54) is 10.6 Å². The molecule has 3 aromatic rings. The Bertz CT molecular complexity index is 992. The maximum Gasteiger partial charge on any atom is 0.274 e. The lowest BCUT2D eigenvalue weighted by atomic mass is 10.1. The van der Waals surface area contributed by atoms with Crippen molar-refractivity contribution in [3.05, 3.63) is 75.2 Å². The molecule has 3 rings (SSSR count). The highest BCUT2D eigenvalue weighted by molar-refractivity contribution is 5.96. The van der Waals surface area contributed by atoms with E-state index in [0.29, 0.717) is 5.65 Å². The molecule has 0 saturated heterocycles. The molecule has 1 amide bonds. The number of rotatable bonds is 3. The Hall–Kier alpha value is -3.15. The van der Waals surface area contributed by atoms with Crippen LogP contribution in [0.2, 0.25) is 0 Å². The molecular weight excluding hydrogens is 306 g/mol. The molecule has 24 heavy (non-hydrogen) atoms. The minimum Gasteiger partial charge on any atom is -0.493 e. The average Bonchev–Trinajstić information content (AvgIpc) is 2.53. The van der Waals surface area contributed by atoms with Crippen molar-refractivity contribution in [1.82, 2.24) is 14.7 Å². The van der Waals surface area contributed by atoms with Gasteiger partial charge in [0.25, 0.3) is 11.5 Å². The molecule has 0 fully saturated rings. The smallest absolute Gasteiger partial charge is 0.274 e. The summed E-state index contributed by atoms with van der Waals surface area (Å²) in [5, 5.41) is 12.7. The largest absolute Gasteiger partial charge is 0.493 e. The molecule has 6 nitrogen and oxygen atoms in total. The van der Waals surface area contributed by atoms with Crippen LogP contribution in [0.5, 0.6) is 5.88 Å². The summed E-state index contributed by atoms with van der Waals surface area (Å²) in [6, 6.07) is 11.0. The van der Waals surface area contributed by atoms with E-state index in [4.69, 9.17) is 0 Å². The van der Waals surface area contributed by atoms with Crippen LogP contribution in [-0.2, 0) is 6.54 Å². The molecule has 122 valence electrons. The fourth-order valence-electron chi connectivity index (χ4n) is 2.50. The molecule has 0 unspecified atom stereocenters. The quantitative estimate of drug-likeness (QED) is 0.771. The van der Waals surface area contributed by atoms with Gasteiger partial charge in [0.05, 0.1) is 0 Å². The normalized spacial score (nSPS) is 10.8. The maximum atomic E-state index is 12.5. The molecule has 0 aliphatic rings. The minimum absolute atomic E-state index is 0.265. The molecule has 0 radical (unpaired) electrons. The predicted molar refractivity (Wildman–Crippen MR) is 90.2 cm³/mol. The Morgan fingerprint density at radius 3 is 2.75 bits per heavy atom. The Morgan fingerprint density at radius 1 is 1.25 bits per heavy atom. The Kier molecular flexibility index (Phi) is 4.04. The lowest BCUT2D eigenvalue weighted by molar-refractivity contribution is 0.0945. The van der Waals surface area contributed by atoms with E-state index in [1.807, 2.05) is 38.1 Å². The Labute approximate surface area is 138 Å². The van der Waals surface area contributed by atoms with Gasteiger partial charge in [-0.2, -0.15) is 4.98 Å². The fraction of sp³-hybridized carbons (Fsp3) is 0.167. The topological polar surface area (TPSA) is 83.7 Å². The third-order valence-corrected chi connectivity index (χ3v) is 3.89. The summed E-state index contributed by atoms with van der Waals surface area (Å²) in [5.41, 5.74) is 2.22. The van der Waals surface area contributed by atoms with Crippen LogP contribution in [0.4, 0.5) is 0 Å². The molecule has 0 bridgehead atoms. The second-order valence-corrected chi connectivity index (χ2v) is 5.66. The molecule has 0 spiro atoms. The summed E-state index contributed by atoms with van der Waals surface area (Å²) in [7, 11) is 0. The van der Waals surface area contributed by atoms with Crippen molar-refractivity contribution in [2.24, 2.45) is 0 Å². The van der Waals surface area contributed by atoms with Crippen molar-refractivity contribution in [2.45, 2.75) is 20.4 Å². The molecular formula is C18H17N3O3. The zero-order valence-electron chi connectivity index (χ0n) is 13.4. The highest BCUT2D eigenvalue weighted by Gasteiger charge is 2.19. The number of aromatic hydroxyl groups is 1. The van der Waals surface area contributed by atoms with Crippen LogP contribution in [0, 0.1) is 13.8 Å². The number of aryl methyl sites for hydroxylation is 2. The summed E-state index contributed by atoms with van der Waals surface area (Å²) in [5.74, 6) is -1.21. The van der Waals surface area contributed by atoms with Crippen LogP contribution in [0.15, 0.2) is 47.4 Å². The van der Waals surface area contributed by atoms with E-state index < -0.39 is 17.3 Å². The van der Waals surface area contributed by atoms with Gasteiger partial charge < -0.3 is 10.4 Å². The molecule has 0 aliphatic heterocycles. The van der Waals surface area contributed by atoms with Crippen molar-refractivity contribution in [2.75, 3.05) is 0 Å². The van der Waals surface area contributed by atoms with E-state index >= 15 is 0 Å². The van der Waals surface area contributed by atoms with Crippen molar-refractivity contribution >= 4 is 11.6 Å². The van der Waals surface area contributed by atoms with Gasteiger partial charge in [-0.3, -0.25) is 14.0 Å². The van der Waals surface area contributed by atoms with Crippen LogP contribution in [0.1, 0.15) is 27.0 Å². The van der Waals surface area contributed by atoms with Crippen molar-refractivity contribution in [3.63, 3.8) is 0 Å². The van der Waals surface area contributed by atoms with Crippen LogP contribution >= 0.6 is 0 Å². The number of nitrogens with zero attached hydrogens (tertiary/aromatic N) is 2. The highest BCUT2D eigenvalue weighted by Crippen LogP contribution is 2.13. The van der Waals surface area contributed by atoms with Crippen molar-refractivity contribution in [3.8, 4) is 5.88 Å². The molecule has 2 N–H and O–H groups in total. The maximum absolute atomic E-state index is 12.5. The first-order chi connectivity index (χ1) is 11.5. The third kappa shape index (κ3) is 2.86. The Balaban J connectivity index is 1.94. The number of fused-ring (bicyclic) bond motifs is 1. The number of hydrogen-bond acceptors (Lipinski definition) is 4. The number of amides is 1. The second kappa shape index (κ2) is 6.16. The predicted octanol–water partition coefficient (Wildman–Crippen LogP) is 1.95. The second-order valence-electron chi connectivity index (χ2n) is 5.66. The summed E-state index contributed by atoms with van der Waals surface area (Å²) in [6.07, 6.45) is 1.54. The molecule has 0 aliphatic carbocycles. The van der Waals surface area contributed by atoms with E-state index in [2.05, 4.69) is 10.3 Å². The van der Waals surface area contributed by atoms with Gasteiger partial charge in [-0.05, 0) is 42.7 Å². The van der Waals surface area contributed by atoms with Gasteiger partial charge in [0.15, 0.2) is 5.56 Å². The molecule has 0 atom stereocenters. The Morgan fingerprint density at radius 2 is 2.00 bits per heavy atom. The van der Waals surface area contributed by atoms with Gasteiger partial charge in [0, 0.05) is 12.7 Å². The third-order valence-electron chi connectivity index (χ3n) is 3.89. The number of pyridine rings is 1. The lowest BCUT2D eigenvalue weighted by Crippen LogP contribution is -2.31. The number of carbonyl (C=O) groups is 1. The van der Waals surface area contributed by atoms with Gasteiger partial charge in [-0.25, -0.2) is 0 Å². The van der Waals surface area contributed by atoms with Gasteiger partial charge in [-0.15, -0.1) is 0 Å². The minimum atomic E-state index is -0.650. The van der Waals surface area contributed by atoms with Gasteiger partial charge in [-0.1, -0.05) is 24.3 Å². The lowest BCUT2D eigenvalue weighted by Gasteiger charge is -2.09. The van der Waals surface area contributed by atoms with E-state index in [0.717, 1.165) is 16.7 Å². The first kappa shape index (κ1) is 15.7. The summed E-state index contributed by atoms with van der Waals surface area (Å²) in [4.78, 5) is 28.8. The zero-order chi connectivity index (χ0) is 17.3. The van der Waals surface area contributed by atoms with Crippen LogP contribution in [0.3, 0.4) is 0 Å². The molecule has 2 heterocycles.